The van der Waals surface area contributed by atoms with Crippen LogP contribution in [0.1, 0.15) is 10.9 Å². The van der Waals surface area contributed by atoms with Crippen LogP contribution in [0.3, 0.4) is 0 Å². The molecule has 2 aromatic rings. The summed E-state index contributed by atoms with van der Waals surface area (Å²) in [6.07, 6.45) is 0. The number of nitrogens with zero attached hydrogens (tertiary/aromatic N) is 1. The molecule has 1 atom stereocenters. The van der Waals surface area contributed by atoms with E-state index in [1.165, 1.54) is 16.4 Å². The molecule has 1 heterocycles. The number of hydrogen-bond acceptors (Lipinski definition) is 3. The van der Waals surface area contributed by atoms with Gasteiger partial charge in [-0.1, -0.05) is 23.7 Å². The Morgan fingerprint density at radius 2 is 1.91 bits per heavy atom. The largest absolute Gasteiger partial charge is 0.244 e. The maximum absolute atomic E-state index is 13.0. The Morgan fingerprint density at radius 3 is 2.59 bits per heavy atom. The summed E-state index contributed by atoms with van der Waals surface area (Å²) in [5.41, 5.74) is 0.848. The van der Waals surface area contributed by atoms with E-state index in [1.807, 2.05) is 6.07 Å². The Labute approximate surface area is 138 Å². The number of thioether (sulfide) groups is 1. The predicted molar refractivity (Wildman–Crippen MR) is 86.9 cm³/mol. The van der Waals surface area contributed by atoms with Gasteiger partial charge < -0.3 is 0 Å². The second-order valence-electron chi connectivity index (χ2n) is 4.85. The average Bonchev–Trinajstić information content (AvgIpc) is 2.98. The van der Waals surface area contributed by atoms with Crippen molar-refractivity contribution >= 4 is 33.4 Å². The Kier molecular flexibility index (Phi) is 4.45. The summed E-state index contributed by atoms with van der Waals surface area (Å²) in [6, 6.07) is 12.1. The van der Waals surface area contributed by atoms with E-state index in [1.54, 1.807) is 30.0 Å². The van der Waals surface area contributed by atoms with Crippen LogP contribution in [-0.4, -0.2) is 25.0 Å². The molecule has 0 saturated carbocycles. The van der Waals surface area contributed by atoms with Crippen LogP contribution in [-0.2, 0) is 10.0 Å². The maximum atomic E-state index is 13.0. The first-order valence-electron chi connectivity index (χ1n) is 6.63. The highest BCUT2D eigenvalue weighted by Crippen LogP contribution is 2.41. The molecule has 3 nitrogen and oxygen atoms in total. The van der Waals surface area contributed by atoms with Gasteiger partial charge >= 0.3 is 0 Å². The second-order valence-corrected chi connectivity index (χ2v) is 8.36. The second kappa shape index (κ2) is 6.20. The molecule has 1 aliphatic rings. The molecule has 22 heavy (non-hydrogen) atoms. The van der Waals surface area contributed by atoms with Crippen LogP contribution in [0, 0.1) is 5.82 Å². The summed E-state index contributed by atoms with van der Waals surface area (Å²) >= 11 is 7.55. The van der Waals surface area contributed by atoms with E-state index < -0.39 is 15.8 Å². The molecule has 1 aliphatic heterocycles. The summed E-state index contributed by atoms with van der Waals surface area (Å²) in [7, 11) is -3.66. The Hall–Kier alpha value is -1.08. The highest BCUT2D eigenvalue weighted by molar-refractivity contribution is 8.01. The van der Waals surface area contributed by atoms with Gasteiger partial charge in [-0.3, -0.25) is 0 Å². The monoisotopic (exact) mass is 357 g/mol. The van der Waals surface area contributed by atoms with Gasteiger partial charge in [-0.25, -0.2) is 12.8 Å². The summed E-state index contributed by atoms with van der Waals surface area (Å²) < 4.78 is 40.0. The van der Waals surface area contributed by atoms with Crippen molar-refractivity contribution in [2.24, 2.45) is 0 Å². The van der Waals surface area contributed by atoms with Crippen molar-refractivity contribution in [3.63, 3.8) is 0 Å². The lowest BCUT2D eigenvalue weighted by Gasteiger charge is -2.23. The summed E-state index contributed by atoms with van der Waals surface area (Å²) in [5, 5.41) is 0.262. The summed E-state index contributed by atoms with van der Waals surface area (Å²) in [5.74, 6) is 0.249. The van der Waals surface area contributed by atoms with E-state index in [0.29, 0.717) is 17.3 Å². The summed E-state index contributed by atoms with van der Waals surface area (Å²) in [4.78, 5) is 0.100. The minimum Gasteiger partial charge on any atom is -0.207 e. The van der Waals surface area contributed by atoms with Gasteiger partial charge in [0.15, 0.2) is 0 Å². The van der Waals surface area contributed by atoms with Crippen LogP contribution in [0.5, 0.6) is 0 Å². The van der Waals surface area contributed by atoms with E-state index >= 15 is 0 Å². The van der Waals surface area contributed by atoms with Gasteiger partial charge in [0.2, 0.25) is 10.0 Å². The SMILES string of the molecule is O=S(=O)(c1ccc(F)cc1)N1CCSC1c1cccc(Cl)c1. The van der Waals surface area contributed by atoms with Crippen LogP contribution in [0.4, 0.5) is 4.39 Å². The molecule has 0 aromatic heterocycles. The van der Waals surface area contributed by atoms with E-state index in [0.717, 1.165) is 17.7 Å². The van der Waals surface area contributed by atoms with Gasteiger partial charge in [0.1, 0.15) is 5.82 Å². The zero-order valence-corrected chi connectivity index (χ0v) is 13.8. The number of sulfonamides is 1. The zero-order chi connectivity index (χ0) is 15.7. The van der Waals surface area contributed by atoms with Gasteiger partial charge in [0, 0.05) is 17.3 Å². The number of hydrogen-bond donors (Lipinski definition) is 0. The fourth-order valence-electron chi connectivity index (χ4n) is 2.37. The maximum Gasteiger partial charge on any atom is 0.244 e. The first-order valence-corrected chi connectivity index (χ1v) is 9.49. The van der Waals surface area contributed by atoms with Crippen molar-refractivity contribution in [2.75, 3.05) is 12.3 Å². The molecule has 3 rings (SSSR count). The quantitative estimate of drug-likeness (QED) is 0.835. The van der Waals surface area contributed by atoms with Gasteiger partial charge in [0.05, 0.1) is 10.3 Å². The normalized spacial score (nSPS) is 19.5. The van der Waals surface area contributed by atoms with Gasteiger partial charge in [0.25, 0.3) is 0 Å². The molecule has 0 aliphatic carbocycles. The van der Waals surface area contributed by atoms with Crippen molar-refractivity contribution < 1.29 is 12.8 Å². The van der Waals surface area contributed by atoms with Gasteiger partial charge in [-0.2, -0.15) is 4.31 Å². The van der Waals surface area contributed by atoms with Crippen LogP contribution in [0.15, 0.2) is 53.4 Å². The lowest BCUT2D eigenvalue weighted by atomic mass is 10.2. The van der Waals surface area contributed by atoms with E-state index in [9.17, 15) is 12.8 Å². The molecule has 116 valence electrons. The molecule has 7 heteroatoms. The average molecular weight is 358 g/mol. The van der Waals surface area contributed by atoms with Crippen LogP contribution < -0.4 is 0 Å². The first kappa shape index (κ1) is 15.8. The molecule has 0 spiro atoms. The predicted octanol–water partition coefficient (Wildman–Crippen LogP) is 3.92. The smallest absolute Gasteiger partial charge is 0.207 e. The van der Waals surface area contributed by atoms with Crippen molar-refractivity contribution in [3.8, 4) is 0 Å². The van der Waals surface area contributed by atoms with Crippen molar-refractivity contribution in [1.82, 2.24) is 4.31 Å². The third kappa shape index (κ3) is 3.01. The van der Waals surface area contributed by atoms with E-state index in [2.05, 4.69) is 0 Å². The van der Waals surface area contributed by atoms with E-state index in [-0.39, 0.29) is 10.3 Å². The van der Waals surface area contributed by atoms with Crippen LogP contribution in [0.2, 0.25) is 5.02 Å². The first-order chi connectivity index (χ1) is 10.5. The fourth-order valence-corrected chi connectivity index (χ4v) is 5.79. The molecule has 2 aromatic carbocycles. The highest BCUT2D eigenvalue weighted by Gasteiger charge is 2.36. The third-order valence-electron chi connectivity index (χ3n) is 3.40. The minimum atomic E-state index is -3.66. The molecular formula is C15H13ClFNO2S2. The standard InChI is InChI=1S/C15H13ClFNO2S2/c16-12-3-1-2-11(10-12)15-18(8-9-21-15)22(19,20)14-6-4-13(17)5-7-14/h1-7,10,15H,8-9H2. The number of halogens is 2. The van der Waals surface area contributed by atoms with Crippen molar-refractivity contribution in [1.29, 1.82) is 0 Å². The molecule has 0 bridgehead atoms. The molecule has 1 unspecified atom stereocenters. The minimum absolute atomic E-state index is 0.100. The molecule has 0 amide bonds. The molecule has 1 saturated heterocycles. The lowest BCUT2D eigenvalue weighted by Crippen LogP contribution is -2.30. The summed E-state index contributed by atoms with van der Waals surface area (Å²) in [6.45, 7) is 0.418. The Balaban J connectivity index is 1.97. The van der Waals surface area contributed by atoms with Crippen LogP contribution in [0.25, 0.3) is 0 Å². The molecule has 0 radical (unpaired) electrons. The number of rotatable bonds is 3. The molecule has 0 N–H and O–H groups in total. The van der Waals surface area contributed by atoms with Gasteiger partial charge in [-0.15, -0.1) is 11.8 Å². The van der Waals surface area contributed by atoms with Crippen molar-refractivity contribution in [3.05, 3.63) is 64.9 Å². The number of benzene rings is 2. The Morgan fingerprint density at radius 1 is 1.18 bits per heavy atom. The van der Waals surface area contributed by atoms with E-state index in [4.69, 9.17) is 11.6 Å². The fraction of sp³-hybridized carbons (Fsp3) is 0.200. The zero-order valence-electron chi connectivity index (χ0n) is 11.4. The highest BCUT2D eigenvalue weighted by atomic mass is 35.5. The lowest BCUT2D eigenvalue weighted by molar-refractivity contribution is 0.434. The van der Waals surface area contributed by atoms with Crippen molar-refractivity contribution in [2.45, 2.75) is 10.3 Å². The topological polar surface area (TPSA) is 37.4 Å². The van der Waals surface area contributed by atoms with Gasteiger partial charge in [-0.05, 0) is 42.0 Å². The Bertz CT molecular complexity index is 780. The van der Waals surface area contributed by atoms with Crippen LogP contribution >= 0.6 is 23.4 Å². The molecule has 1 fully saturated rings. The third-order valence-corrected chi connectivity index (χ3v) is 6.91. The molecular weight excluding hydrogens is 345 g/mol.